The molecule has 3 amide bonds. The number of nitrogens with two attached hydrogens (primary N) is 1. The Labute approximate surface area is 144 Å². The van der Waals surface area contributed by atoms with Gasteiger partial charge in [0.1, 0.15) is 12.6 Å². The maximum Gasteiger partial charge on any atom is 0.255 e. The average Bonchev–Trinajstić information content (AvgIpc) is 2.63. The summed E-state index contributed by atoms with van der Waals surface area (Å²) >= 11 is 0. The Bertz CT molecular complexity index is 745. The van der Waals surface area contributed by atoms with Gasteiger partial charge in [-0.25, -0.2) is 0 Å². The summed E-state index contributed by atoms with van der Waals surface area (Å²) in [6.07, 6.45) is 0.188. The van der Waals surface area contributed by atoms with Crippen LogP contribution in [0.5, 0.6) is 0 Å². The van der Waals surface area contributed by atoms with Crippen molar-refractivity contribution in [1.82, 2.24) is 5.32 Å². The van der Waals surface area contributed by atoms with Crippen molar-refractivity contribution in [3.8, 4) is 0 Å². The van der Waals surface area contributed by atoms with Gasteiger partial charge in [-0.2, -0.15) is 0 Å². The number of carbonyl (C=O) groups is 3. The van der Waals surface area contributed by atoms with Crippen molar-refractivity contribution in [3.63, 3.8) is 0 Å². The normalized spacial score (nSPS) is 11.4. The van der Waals surface area contributed by atoms with E-state index in [0.717, 1.165) is 5.56 Å². The zero-order valence-electron chi connectivity index (χ0n) is 13.4. The van der Waals surface area contributed by atoms with E-state index in [1.165, 1.54) is 0 Å². The average molecular weight is 341 g/mol. The van der Waals surface area contributed by atoms with E-state index in [9.17, 15) is 14.4 Å². The van der Waals surface area contributed by atoms with E-state index in [-0.39, 0.29) is 12.3 Å². The number of hydrogen-bond acceptors (Lipinski definition) is 4. The van der Waals surface area contributed by atoms with Crippen LogP contribution in [0.1, 0.15) is 15.9 Å². The van der Waals surface area contributed by atoms with Gasteiger partial charge in [0.25, 0.3) is 5.91 Å². The van der Waals surface area contributed by atoms with Crippen LogP contribution in [0.2, 0.25) is 0 Å². The third-order valence-electron chi connectivity index (χ3n) is 3.51. The molecule has 0 fully saturated rings. The zero-order valence-corrected chi connectivity index (χ0v) is 13.4. The predicted molar refractivity (Wildman–Crippen MR) is 92.8 cm³/mol. The van der Waals surface area contributed by atoms with Crippen molar-refractivity contribution in [2.24, 2.45) is 5.73 Å². The number of benzene rings is 2. The van der Waals surface area contributed by atoms with Crippen LogP contribution in [-0.2, 0) is 16.0 Å². The van der Waals surface area contributed by atoms with Crippen LogP contribution in [0.4, 0.5) is 5.69 Å². The van der Waals surface area contributed by atoms with Crippen LogP contribution in [0, 0.1) is 0 Å². The summed E-state index contributed by atoms with van der Waals surface area (Å²) in [6, 6.07) is 14.7. The van der Waals surface area contributed by atoms with Gasteiger partial charge >= 0.3 is 0 Å². The van der Waals surface area contributed by atoms with Crippen LogP contribution in [0.3, 0.4) is 0 Å². The highest BCUT2D eigenvalue weighted by Gasteiger charge is 2.18. The van der Waals surface area contributed by atoms with Gasteiger partial charge < -0.3 is 21.5 Å². The summed E-state index contributed by atoms with van der Waals surface area (Å²) in [7, 11) is 0. The van der Waals surface area contributed by atoms with Gasteiger partial charge in [-0.1, -0.05) is 30.3 Å². The first-order valence-electron chi connectivity index (χ1n) is 7.64. The summed E-state index contributed by atoms with van der Waals surface area (Å²) in [5, 5.41) is 13.9. The summed E-state index contributed by atoms with van der Waals surface area (Å²) < 4.78 is 0. The Hall–Kier alpha value is -3.19. The molecule has 1 atom stereocenters. The van der Waals surface area contributed by atoms with Crippen molar-refractivity contribution in [2.45, 2.75) is 12.5 Å². The van der Waals surface area contributed by atoms with Gasteiger partial charge in [-0.05, 0) is 29.8 Å². The largest absolute Gasteiger partial charge is 0.387 e. The first kappa shape index (κ1) is 18.2. The van der Waals surface area contributed by atoms with Crippen molar-refractivity contribution in [2.75, 3.05) is 11.9 Å². The van der Waals surface area contributed by atoms with Crippen molar-refractivity contribution >= 4 is 23.4 Å². The molecule has 25 heavy (non-hydrogen) atoms. The molecule has 7 heteroatoms. The minimum atomic E-state index is -0.913. The first-order valence-corrected chi connectivity index (χ1v) is 7.64. The summed E-state index contributed by atoms with van der Waals surface area (Å²) in [4.78, 5) is 34.7. The molecule has 7 nitrogen and oxygen atoms in total. The molecule has 0 aromatic heterocycles. The smallest absolute Gasteiger partial charge is 0.255 e. The third-order valence-corrected chi connectivity index (χ3v) is 3.51. The molecule has 0 radical (unpaired) electrons. The first-order chi connectivity index (χ1) is 12.0. The van der Waals surface area contributed by atoms with Gasteiger partial charge in [-0.3, -0.25) is 14.4 Å². The van der Waals surface area contributed by atoms with Crippen LogP contribution in [0.15, 0.2) is 54.6 Å². The van der Waals surface area contributed by atoms with Gasteiger partial charge in [0, 0.05) is 17.7 Å². The predicted octanol–water partition coefficient (Wildman–Crippen LogP) is 0.444. The van der Waals surface area contributed by atoms with Crippen molar-refractivity contribution in [1.29, 1.82) is 0 Å². The number of nitrogens with one attached hydrogen (secondary N) is 2. The number of anilines is 1. The minimum Gasteiger partial charge on any atom is -0.387 e. The molecule has 2 rings (SSSR count). The van der Waals surface area contributed by atoms with E-state index in [4.69, 9.17) is 10.8 Å². The van der Waals surface area contributed by atoms with E-state index in [1.54, 1.807) is 48.5 Å². The topological polar surface area (TPSA) is 122 Å². The second-order valence-electron chi connectivity index (χ2n) is 5.40. The Morgan fingerprint density at radius 1 is 1.00 bits per heavy atom. The molecule has 0 saturated carbocycles. The third kappa shape index (κ3) is 5.43. The maximum absolute atomic E-state index is 12.1. The second-order valence-corrected chi connectivity index (χ2v) is 5.40. The molecule has 0 bridgehead atoms. The molecular weight excluding hydrogens is 322 g/mol. The molecule has 0 aliphatic heterocycles. The summed E-state index contributed by atoms with van der Waals surface area (Å²) in [6.45, 7) is -0.714. The Kier molecular flexibility index (Phi) is 6.25. The molecule has 130 valence electrons. The minimum absolute atomic E-state index is 0.188. The Morgan fingerprint density at radius 2 is 1.64 bits per heavy atom. The summed E-state index contributed by atoms with van der Waals surface area (Å²) in [5.74, 6) is -1.59. The van der Waals surface area contributed by atoms with E-state index in [2.05, 4.69) is 10.6 Å². The molecule has 0 aliphatic rings. The lowest BCUT2D eigenvalue weighted by Gasteiger charge is -2.15. The van der Waals surface area contributed by atoms with Crippen LogP contribution in [0.25, 0.3) is 0 Å². The molecule has 0 saturated heterocycles. The zero-order chi connectivity index (χ0) is 18.2. The van der Waals surface area contributed by atoms with Crippen LogP contribution >= 0.6 is 0 Å². The highest BCUT2D eigenvalue weighted by Crippen LogP contribution is 2.13. The number of amides is 3. The monoisotopic (exact) mass is 341 g/mol. The fourth-order valence-electron chi connectivity index (χ4n) is 2.22. The SMILES string of the molecule is NC(=O)C(Cc1ccc(NC(=O)c2ccccc2)cc1)NC(=O)CO. The quantitative estimate of drug-likeness (QED) is 0.584. The summed E-state index contributed by atoms with van der Waals surface area (Å²) in [5.41, 5.74) is 7.16. The lowest BCUT2D eigenvalue weighted by Crippen LogP contribution is -2.46. The van der Waals surface area contributed by atoms with Crippen LogP contribution in [-0.4, -0.2) is 35.5 Å². The number of carbonyl (C=O) groups excluding carboxylic acids is 3. The molecule has 5 N–H and O–H groups in total. The van der Waals surface area contributed by atoms with Gasteiger partial charge in [0.05, 0.1) is 0 Å². The van der Waals surface area contributed by atoms with E-state index in [1.807, 2.05) is 6.07 Å². The highest BCUT2D eigenvalue weighted by atomic mass is 16.3. The molecule has 2 aromatic rings. The molecule has 0 aliphatic carbocycles. The molecule has 1 unspecified atom stereocenters. The van der Waals surface area contributed by atoms with Gasteiger partial charge in [-0.15, -0.1) is 0 Å². The number of aliphatic hydroxyl groups excluding tert-OH is 1. The van der Waals surface area contributed by atoms with Gasteiger partial charge in [0.2, 0.25) is 11.8 Å². The fourth-order valence-corrected chi connectivity index (χ4v) is 2.22. The number of hydrogen-bond donors (Lipinski definition) is 4. The molecule has 2 aromatic carbocycles. The maximum atomic E-state index is 12.1. The van der Waals surface area contributed by atoms with Crippen molar-refractivity contribution < 1.29 is 19.5 Å². The van der Waals surface area contributed by atoms with E-state index >= 15 is 0 Å². The number of aliphatic hydroxyl groups is 1. The Morgan fingerprint density at radius 3 is 2.20 bits per heavy atom. The van der Waals surface area contributed by atoms with E-state index < -0.39 is 24.5 Å². The molecular formula is C18H19N3O4. The number of primary amides is 1. The number of rotatable bonds is 7. The Balaban J connectivity index is 2.00. The standard InChI is InChI=1S/C18H19N3O4/c19-17(24)15(21-16(23)11-22)10-12-6-8-14(9-7-12)20-18(25)13-4-2-1-3-5-13/h1-9,15,22H,10-11H2,(H2,19,24)(H,20,25)(H,21,23). The molecule has 0 heterocycles. The second kappa shape index (κ2) is 8.60. The highest BCUT2D eigenvalue weighted by molar-refractivity contribution is 6.04. The molecule has 0 spiro atoms. The lowest BCUT2D eigenvalue weighted by molar-refractivity contribution is -0.129. The van der Waals surface area contributed by atoms with Crippen LogP contribution < -0.4 is 16.4 Å². The fraction of sp³-hybridized carbons (Fsp3) is 0.167. The van der Waals surface area contributed by atoms with Crippen molar-refractivity contribution in [3.05, 3.63) is 65.7 Å². The van der Waals surface area contributed by atoms with Gasteiger partial charge in [0.15, 0.2) is 0 Å². The lowest BCUT2D eigenvalue weighted by atomic mass is 10.0. The van der Waals surface area contributed by atoms with E-state index in [0.29, 0.717) is 11.3 Å².